The number of nitrogens with one attached hydrogen (secondary N) is 1. The summed E-state index contributed by atoms with van der Waals surface area (Å²) >= 11 is 0. The molecule has 0 aliphatic heterocycles. The number of benzene rings is 1. The van der Waals surface area contributed by atoms with E-state index in [1.807, 2.05) is 0 Å². The molecule has 1 aromatic carbocycles. The van der Waals surface area contributed by atoms with Crippen molar-refractivity contribution in [2.45, 2.75) is 5.75 Å². The highest BCUT2D eigenvalue weighted by Crippen LogP contribution is 2.25. The molecule has 134 valence electrons. The van der Waals surface area contributed by atoms with Gasteiger partial charge in [-0.2, -0.15) is 4.98 Å². The lowest BCUT2D eigenvalue weighted by Gasteiger charge is -2.09. The van der Waals surface area contributed by atoms with Gasteiger partial charge in [-0.05, 0) is 29.8 Å². The molecule has 2 heterocycles. The van der Waals surface area contributed by atoms with Gasteiger partial charge in [-0.15, -0.1) is 0 Å². The molecule has 0 atom stereocenters. The minimum atomic E-state index is -3.11. The van der Waals surface area contributed by atoms with Crippen molar-refractivity contribution >= 4 is 21.5 Å². The minimum absolute atomic E-state index is 0.0299. The fourth-order valence-electron chi connectivity index (χ4n) is 2.38. The molecule has 26 heavy (non-hydrogen) atoms. The highest BCUT2D eigenvalue weighted by Gasteiger charge is 2.11. The summed E-state index contributed by atoms with van der Waals surface area (Å²) in [6.45, 7) is 0. The highest BCUT2D eigenvalue weighted by molar-refractivity contribution is 7.89. The molecule has 0 saturated heterocycles. The summed E-state index contributed by atoms with van der Waals surface area (Å²) < 4.78 is 28.2. The first-order chi connectivity index (χ1) is 12.4. The summed E-state index contributed by atoms with van der Waals surface area (Å²) in [7, 11) is -1.58. The van der Waals surface area contributed by atoms with Gasteiger partial charge in [-0.25, -0.2) is 23.4 Å². The van der Waals surface area contributed by atoms with E-state index < -0.39 is 9.84 Å². The Morgan fingerprint density at radius 1 is 1.12 bits per heavy atom. The molecular formula is C17H17N5O3S. The number of hydrogen-bond donors (Lipinski definition) is 1. The molecule has 0 saturated carbocycles. The van der Waals surface area contributed by atoms with Crippen LogP contribution in [0.2, 0.25) is 0 Å². The normalized spacial score (nSPS) is 11.2. The first kappa shape index (κ1) is 17.7. The Bertz CT molecular complexity index is 1020. The molecule has 9 heteroatoms. The minimum Gasteiger partial charge on any atom is -0.480 e. The van der Waals surface area contributed by atoms with Crippen LogP contribution in [0.5, 0.6) is 5.88 Å². The Labute approximate surface area is 151 Å². The molecule has 3 aromatic rings. The molecule has 0 aliphatic carbocycles. The first-order valence-electron chi connectivity index (χ1n) is 7.67. The third-order valence-electron chi connectivity index (χ3n) is 3.39. The van der Waals surface area contributed by atoms with E-state index in [1.54, 1.807) is 42.6 Å². The van der Waals surface area contributed by atoms with Crippen LogP contribution in [0.4, 0.5) is 11.6 Å². The van der Waals surface area contributed by atoms with Crippen LogP contribution in [-0.4, -0.2) is 41.7 Å². The first-order valence-corrected chi connectivity index (χ1v) is 9.73. The zero-order valence-electron chi connectivity index (χ0n) is 14.2. The van der Waals surface area contributed by atoms with Gasteiger partial charge in [0.15, 0.2) is 15.7 Å². The summed E-state index contributed by atoms with van der Waals surface area (Å²) in [5.74, 6) is 1.13. The predicted molar refractivity (Wildman–Crippen MR) is 97.9 cm³/mol. The van der Waals surface area contributed by atoms with Crippen molar-refractivity contribution in [2.24, 2.45) is 0 Å². The molecule has 0 bridgehead atoms. The molecule has 0 spiro atoms. The Kier molecular flexibility index (Phi) is 5.08. The standard InChI is InChI=1S/C17H17N5O3S/c1-25-16-14(7-4-8-18-16)15-19-11-20-17(22-15)21-13-6-3-5-12(9-13)10-26(2,23)24/h3-9,11H,10H2,1-2H3,(H,19,20,21,22). The zero-order chi connectivity index (χ0) is 18.6. The SMILES string of the molecule is COc1ncccc1-c1ncnc(Nc2cccc(CS(C)(=O)=O)c2)n1. The third-order valence-corrected chi connectivity index (χ3v) is 4.25. The lowest BCUT2D eigenvalue weighted by molar-refractivity contribution is 0.399. The average Bonchev–Trinajstić information content (AvgIpc) is 2.61. The van der Waals surface area contributed by atoms with Gasteiger partial charge in [-0.1, -0.05) is 12.1 Å². The highest BCUT2D eigenvalue weighted by atomic mass is 32.2. The second-order valence-electron chi connectivity index (χ2n) is 5.59. The quantitative estimate of drug-likeness (QED) is 0.703. The van der Waals surface area contributed by atoms with Gasteiger partial charge in [0.1, 0.15) is 6.33 Å². The van der Waals surface area contributed by atoms with E-state index in [9.17, 15) is 8.42 Å². The monoisotopic (exact) mass is 371 g/mol. The number of pyridine rings is 1. The van der Waals surface area contributed by atoms with Crippen LogP contribution in [0, 0.1) is 0 Å². The van der Waals surface area contributed by atoms with Crippen molar-refractivity contribution in [3.05, 3.63) is 54.5 Å². The van der Waals surface area contributed by atoms with Gasteiger partial charge in [0.05, 0.1) is 18.4 Å². The van der Waals surface area contributed by atoms with Crippen LogP contribution in [0.15, 0.2) is 48.9 Å². The van der Waals surface area contributed by atoms with Crippen molar-refractivity contribution in [3.63, 3.8) is 0 Å². The number of rotatable bonds is 6. The van der Waals surface area contributed by atoms with Gasteiger partial charge in [0.25, 0.3) is 0 Å². The maximum atomic E-state index is 11.5. The Balaban J connectivity index is 1.87. The van der Waals surface area contributed by atoms with Crippen LogP contribution in [-0.2, 0) is 15.6 Å². The summed E-state index contributed by atoms with van der Waals surface area (Å²) in [6.07, 6.45) is 4.21. The second-order valence-corrected chi connectivity index (χ2v) is 7.73. The second kappa shape index (κ2) is 7.44. The summed E-state index contributed by atoms with van der Waals surface area (Å²) in [6, 6.07) is 10.6. The van der Waals surface area contributed by atoms with Gasteiger partial charge >= 0.3 is 0 Å². The maximum Gasteiger partial charge on any atom is 0.230 e. The van der Waals surface area contributed by atoms with Crippen LogP contribution < -0.4 is 10.1 Å². The van der Waals surface area contributed by atoms with Gasteiger partial charge in [0.2, 0.25) is 11.8 Å². The Morgan fingerprint density at radius 2 is 1.96 bits per heavy atom. The largest absolute Gasteiger partial charge is 0.480 e. The van der Waals surface area contributed by atoms with Crippen LogP contribution >= 0.6 is 0 Å². The number of sulfone groups is 1. The average molecular weight is 371 g/mol. The van der Waals surface area contributed by atoms with Crippen LogP contribution in [0.1, 0.15) is 5.56 Å². The smallest absolute Gasteiger partial charge is 0.230 e. The third kappa shape index (κ3) is 4.51. The topological polar surface area (TPSA) is 107 Å². The van der Waals surface area contributed by atoms with Gasteiger partial charge in [0, 0.05) is 18.1 Å². The summed E-state index contributed by atoms with van der Waals surface area (Å²) in [5.41, 5.74) is 2.01. The van der Waals surface area contributed by atoms with E-state index in [0.717, 1.165) is 0 Å². The molecule has 0 unspecified atom stereocenters. The van der Waals surface area contributed by atoms with E-state index >= 15 is 0 Å². The molecule has 8 nitrogen and oxygen atoms in total. The molecule has 1 N–H and O–H groups in total. The Morgan fingerprint density at radius 3 is 2.73 bits per heavy atom. The number of nitrogens with zero attached hydrogens (tertiary/aromatic N) is 4. The van der Waals surface area contributed by atoms with Crippen molar-refractivity contribution in [1.29, 1.82) is 0 Å². The lowest BCUT2D eigenvalue weighted by atomic mass is 10.2. The Hall–Kier alpha value is -3.07. The van der Waals surface area contributed by atoms with E-state index in [1.165, 1.54) is 19.7 Å². The number of hydrogen-bond acceptors (Lipinski definition) is 8. The van der Waals surface area contributed by atoms with E-state index in [-0.39, 0.29) is 5.75 Å². The molecule has 2 aromatic heterocycles. The van der Waals surface area contributed by atoms with Crippen molar-refractivity contribution in [1.82, 2.24) is 19.9 Å². The lowest BCUT2D eigenvalue weighted by Crippen LogP contribution is -2.03. The number of aromatic nitrogens is 4. The van der Waals surface area contributed by atoms with Crippen LogP contribution in [0.3, 0.4) is 0 Å². The van der Waals surface area contributed by atoms with Gasteiger partial charge < -0.3 is 10.1 Å². The number of anilines is 2. The number of methoxy groups -OCH3 is 1. The number of ether oxygens (including phenoxy) is 1. The molecule has 0 aliphatic rings. The van der Waals surface area contributed by atoms with E-state index in [4.69, 9.17) is 4.74 Å². The van der Waals surface area contributed by atoms with E-state index in [2.05, 4.69) is 25.3 Å². The summed E-state index contributed by atoms with van der Waals surface area (Å²) in [5, 5.41) is 3.06. The van der Waals surface area contributed by atoms with Gasteiger partial charge in [-0.3, -0.25) is 0 Å². The molecule has 0 radical (unpaired) electrons. The van der Waals surface area contributed by atoms with Crippen molar-refractivity contribution in [2.75, 3.05) is 18.7 Å². The van der Waals surface area contributed by atoms with Crippen molar-refractivity contribution in [3.8, 4) is 17.3 Å². The fraction of sp³-hybridized carbons (Fsp3) is 0.176. The van der Waals surface area contributed by atoms with Crippen LogP contribution in [0.25, 0.3) is 11.4 Å². The van der Waals surface area contributed by atoms with E-state index in [0.29, 0.717) is 34.5 Å². The maximum absolute atomic E-state index is 11.5. The molecular weight excluding hydrogens is 354 g/mol. The fourth-order valence-corrected chi connectivity index (χ4v) is 3.17. The molecule has 3 rings (SSSR count). The summed E-state index contributed by atoms with van der Waals surface area (Å²) in [4.78, 5) is 16.8. The molecule has 0 fully saturated rings. The zero-order valence-corrected chi connectivity index (χ0v) is 15.1. The van der Waals surface area contributed by atoms with Crippen molar-refractivity contribution < 1.29 is 13.2 Å². The predicted octanol–water partition coefficient (Wildman–Crippen LogP) is 2.23. The molecule has 0 amide bonds.